The Labute approximate surface area is 123 Å². The van der Waals surface area contributed by atoms with E-state index in [0.29, 0.717) is 17.3 Å². The second kappa shape index (κ2) is 4.92. The van der Waals surface area contributed by atoms with Crippen LogP contribution in [-0.4, -0.2) is 37.1 Å². The maximum Gasteiger partial charge on any atom is 0.273 e. The second-order valence-electron chi connectivity index (χ2n) is 5.44. The average Bonchev–Trinajstić information content (AvgIpc) is 2.72. The van der Waals surface area contributed by atoms with Crippen molar-refractivity contribution in [1.82, 2.24) is 9.62 Å². The van der Waals surface area contributed by atoms with E-state index in [-0.39, 0.29) is 4.90 Å². The average molecular weight is 308 g/mol. The zero-order chi connectivity index (χ0) is 15.2. The van der Waals surface area contributed by atoms with Gasteiger partial charge in [-0.3, -0.25) is 9.59 Å². The Morgan fingerprint density at radius 3 is 2.43 bits per heavy atom. The number of hydrogen-bond donors (Lipinski definition) is 1. The number of piperidine rings is 1. The standard InChI is InChI=1S/C14H16N2O4S/c1-9-4-6-10(7-5-9)21(19,20)16-13(17)11-3-2-8-15-12(11)14(16)18/h4-7,11-12,15H,2-3,8H2,1H3. The Morgan fingerprint density at radius 2 is 1.81 bits per heavy atom. The fourth-order valence-corrected chi connectivity index (χ4v) is 4.27. The van der Waals surface area contributed by atoms with Gasteiger partial charge >= 0.3 is 0 Å². The molecule has 0 bridgehead atoms. The first-order valence-electron chi connectivity index (χ1n) is 6.86. The molecule has 0 aliphatic carbocycles. The van der Waals surface area contributed by atoms with Crippen molar-refractivity contribution < 1.29 is 18.0 Å². The number of hydrogen-bond acceptors (Lipinski definition) is 5. The lowest BCUT2D eigenvalue weighted by Crippen LogP contribution is -2.44. The van der Waals surface area contributed by atoms with Gasteiger partial charge in [-0.2, -0.15) is 4.31 Å². The van der Waals surface area contributed by atoms with Crippen molar-refractivity contribution in [3.05, 3.63) is 29.8 Å². The maximum absolute atomic E-state index is 12.6. The van der Waals surface area contributed by atoms with Crippen LogP contribution in [0.25, 0.3) is 0 Å². The molecule has 1 aromatic carbocycles. The van der Waals surface area contributed by atoms with Gasteiger partial charge in [-0.25, -0.2) is 8.42 Å². The quantitative estimate of drug-likeness (QED) is 0.801. The van der Waals surface area contributed by atoms with E-state index in [1.807, 2.05) is 6.92 Å². The van der Waals surface area contributed by atoms with Crippen LogP contribution in [0.1, 0.15) is 18.4 Å². The van der Waals surface area contributed by atoms with Gasteiger partial charge in [0, 0.05) is 0 Å². The van der Waals surface area contributed by atoms with Crippen molar-refractivity contribution in [3.63, 3.8) is 0 Å². The summed E-state index contributed by atoms with van der Waals surface area (Å²) in [5.41, 5.74) is 0.906. The number of carbonyl (C=O) groups excluding carboxylic acids is 2. The maximum atomic E-state index is 12.6. The predicted octanol–water partition coefficient (Wildman–Crippen LogP) is 0.421. The van der Waals surface area contributed by atoms with Gasteiger partial charge in [0.2, 0.25) is 5.91 Å². The number of benzene rings is 1. The van der Waals surface area contributed by atoms with Gasteiger partial charge in [-0.05, 0) is 38.4 Å². The third kappa shape index (κ3) is 2.16. The van der Waals surface area contributed by atoms with Crippen molar-refractivity contribution in [2.75, 3.05) is 6.54 Å². The fraction of sp³-hybridized carbons (Fsp3) is 0.429. The molecule has 3 rings (SSSR count). The smallest absolute Gasteiger partial charge is 0.273 e. The van der Waals surface area contributed by atoms with Crippen molar-refractivity contribution in [2.45, 2.75) is 30.7 Å². The molecule has 2 aliphatic rings. The molecule has 1 aromatic rings. The molecule has 2 aliphatic heterocycles. The molecule has 2 saturated heterocycles. The van der Waals surface area contributed by atoms with E-state index in [4.69, 9.17) is 0 Å². The highest BCUT2D eigenvalue weighted by atomic mass is 32.2. The highest BCUT2D eigenvalue weighted by Crippen LogP contribution is 2.31. The van der Waals surface area contributed by atoms with Crippen LogP contribution in [0.3, 0.4) is 0 Å². The molecule has 0 saturated carbocycles. The van der Waals surface area contributed by atoms with Crippen LogP contribution < -0.4 is 5.32 Å². The first-order chi connectivity index (χ1) is 9.93. The number of fused-ring (bicyclic) bond motifs is 1. The van der Waals surface area contributed by atoms with Crippen LogP contribution in [0.15, 0.2) is 29.2 Å². The summed E-state index contributed by atoms with van der Waals surface area (Å²) in [4.78, 5) is 24.6. The molecule has 2 unspecified atom stereocenters. The molecule has 2 atom stereocenters. The summed E-state index contributed by atoms with van der Waals surface area (Å²) in [6.07, 6.45) is 1.31. The first kappa shape index (κ1) is 14.2. The van der Waals surface area contributed by atoms with Crippen LogP contribution >= 0.6 is 0 Å². The fourth-order valence-electron chi connectivity index (χ4n) is 2.85. The summed E-state index contributed by atoms with van der Waals surface area (Å²) in [5, 5.41) is 2.95. The van der Waals surface area contributed by atoms with Crippen LogP contribution in [0.2, 0.25) is 0 Å². The molecule has 6 nitrogen and oxygen atoms in total. The van der Waals surface area contributed by atoms with Crippen molar-refractivity contribution in [2.24, 2.45) is 5.92 Å². The van der Waals surface area contributed by atoms with Gasteiger partial charge in [0.15, 0.2) is 0 Å². The molecule has 7 heteroatoms. The van der Waals surface area contributed by atoms with Gasteiger partial charge in [0.1, 0.15) is 6.04 Å². The third-order valence-electron chi connectivity index (χ3n) is 4.00. The van der Waals surface area contributed by atoms with Crippen molar-refractivity contribution in [3.8, 4) is 0 Å². The number of aryl methyl sites for hydroxylation is 1. The molecule has 2 fully saturated rings. The summed E-state index contributed by atoms with van der Waals surface area (Å²) in [6, 6.07) is 5.42. The van der Waals surface area contributed by atoms with E-state index in [9.17, 15) is 18.0 Å². The molecular weight excluding hydrogens is 292 g/mol. The number of imide groups is 1. The molecule has 21 heavy (non-hydrogen) atoms. The Kier molecular flexibility index (Phi) is 3.33. The molecular formula is C14H16N2O4S. The molecule has 0 aromatic heterocycles. The number of amides is 2. The van der Waals surface area contributed by atoms with Crippen molar-refractivity contribution >= 4 is 21.8 Å². The van der Waals surface area contributed by atoms with Crippen LogP contribution in [0, 0.1) is 12.8 Å². The highest BCUT2D eigenvalue weighted by Gasteiger charge is 2.53. The Morgan fingerprint density at radius 1 is 1.14 bits per heavy atom. The summed E-state index contributed by atoms with van der Waals surface area (Å²) in [6.45, 7) is 2.46. The van der Waals surface area contributed by atoms with Gasteiger partial charge in [-0.1, -0.05) is 17.7 Å². The lowest BCUT2D eigenvalue weighted by Gasteiger charge is -2.21. The minimum absolute atomic E-state index is 0.0338. The minimum Gasteiger partial charge on any atom is -0.305 e. The number of nitrogens with zero attached hydrogens (tertiary/aromatic N) is 1. The Hall–Kier alpha value is -1.73. The van der Waals surface area contributed by atoms with Gasteiger partial charge < -0.3 is 5.32 Å². The van der Waals surface area contributed by atoms with Gasteiger partial charge in [-0.15, -0.1) is 0 Å². The minimum atomic E-state index is -4.12. The largest absolute Gasteiger partial charge is 0.305 e. The summed E-state index contributed by atoms with van der Waals surface area (Å²) in [7, 11) is -4.12. The van der Waals surface area contributed by atoms with E-state index < -0.39 is 33.8 Å². The third-order valence-corrected chi connectivity index (χ3v) is 5.71. The van der Waals surface area contributed by atoms with Crippen molar-refractivity contribution in [1.29, 1.82) is 0 Å². The van der Waals surface area contributed by atoms with E-state index in [1.165, 1.54) is 12.1 Å². The molecule has 0 radical (unpaired) electrons. The van der Waals surface area contributed by atoms with Gasteiger partial charge in [0.25, 0.3) is 15.9 Å². The zero-order valence-electron chi connectivity index (χ0n) is 11.6. The number of sulfonamides is 1. The second-order valence-corrected chi connectivity index (χ2v) is 7.23. The molecule has 112 valence electrons. The van der Waals surface area contributed by atoms with Gasteiger partial charge in [0.05, 0.1) is 10.8 Å². The Bertz CT molecular complexity index is 672. The molecule has 2 amide bonds. The summed E-state index contributed by atoms with van der Waals surface area (Å²) in [5.74, 6) is -1.84. The van der Waals surface area contributed by atoms with Crippen LogP contribution in [0.4, 0.5) is 0 Å². The lowest BCUT2D eigenvalue weighted by atomic mass is 9.93. The molecule has 1 N–H and O–H groups in total. The van der Waals surface area contributed by atoms with Crippen LogP contribution in [-0.2, 0) is 19.6 Å². The lowest BCUT2D eigenvalue weighted by molar-refractivity contribution is -0.133. The zero-order valence-corrected chi connectivity index (χ0v) is 12.4. The predicted molar refractivity (Wildman–Crippen MR) is 74.7 cm³/mol. The normalized spacial score (nSPS) is 26.0. The number of carbonyl (C=O) groups is 2. The topological polar surface area (TPSA) is 83.6 Å². The molecule has 0 spiro atoms. The van der Waals surface area contributed by atoms with Crippen LogP contribution in [0.5, 0.6) is 0 Å². The van der Waals surface area contributed by atoms with E-state index in [2.05, 4.69) is 5.32 Å². The van der Waals surface area contributed by atoms with E-state index in [0.717, 1.165) is 12.0 Å². The van der Waals surface area contributed by atoms with E-state index >= 15 is 0 Å². The summed E-state index contributed by atoms with van der Waals surface area (Å²) >= 11 is 0. The SMILES string of the molecule is Cc1ccc(S(=O)(=O)N2C(=O)C3CCCNC3C2=O)cc1. The first-order valence-corrected chi connectivity index (χ1v) is 8.30. The number of nitrogens with one attached hydrogen (secondary N) is 1. The van der Waals surface area contributed by atoms with E-state index in [1.54, 1.807) is 12.1 Å². The highest BCUT2D eigenvalue weighted by molar-refractivity contribution is 7.90. The summed E-state index contributed by atoms with van der Waals surface area (Å²) < 4.78 is 25.6. The monoisotopic (exact) mass is 308 g/mol. The Balaban J connectivity index is 2.01. The molecule has 2 heterocycles. The number of rotatable bonds is 2.